The van der Waals surface area contributed by atoms with E-state index in [0.29, 0.717) is 5.59 Å². The van der Waals surface area contributed by atoms with Gasteiger partial charge >= 0.3 is 0 Å². The zero-order valence-corrected chi connectivity index (χ0v) is 5.18. The summed E-state index contributed by atoms with van der Waals surface area (Å²) in [6.07, 6.45) is 1.61. The second-order valence-corrected chi connectivity index (χ2v) is 1.01. The molecule has 1 rings (SSSR count). The molecule has 0 aromatic carbocycles. The van der Waals surface area contributed by atoms with Crippen LogP contribution in [0.15, 0.2) is 12.3 Å². The molecule has 0 aliphatic heterocycles. The van der Waals surface area contributed by atoms with Crippen molar-refractivity contribution in [2.24, 2.45) is 0 Å². The van der Waals surface area contributed by atoms with Gasteiger partial charge in [0.05, 0.1) is 0 Å². The zero-order valence-electron chi connectivity index (χ0n) is 5.18. The quantitative estimate of drug-likeness (QED) is 0.483. The van der Waals surface area contributed by atoms with Gasteiger partial charge in [-0.3, -0.25) is 5.10 Å². The van der Waals surface area contributed by atoms with Crippen molar-refractivity contribution >= 4 is 13.4 Å². The van der Waals surface area contributed by atoms with Gasteiger partial charge in [-0.05, 0) is 11.7 Å². The number of hydrogen-bond acceptors (Lipinski definition) is 1. The molecule has 1 aromatic heterocycles. The van der Waals surface area contributed by atoms with E-state index in [0.717, 1.165) is 0 Å². The molecular formula is C5H11BN2. The molecule has 1 N–H and O–H groups in total. The summed E-state index contributed by atoms with van der Waals surface area (Å²) in [5.74, 6) is 0. The summed E-state index contributed by atoms with van der Waals surface area (Å²) in [5.41, 5.74) is 0.606. The van der Waals surface area contributed by atoms with Gasteiger partial charge in [0.15, 0.2) is 0 Å². The van der Waals surface area contributed by atoms with E-state index in [2.05, 4.69) is 10.2 Å². The van der Waals surface area contributed by atoms with Crippen LogP contribution in [-0.4, -0.2) is 18.0 Å². The van der Waals surface area contributed by atoms with E-state index in [1.165, 1.54) is 0 Å². The summed E-state index contributed by atoms with van der Waals surface area (Å²) >= 11 is 0. The van der Waals surface area contributed by atoms with E-state index >= 15 is 0 Å². The third kappa shape index (κ3) is 2.45. The molecule has 8 heavy (non-hydrogen) atoms. The van der Waals surface area contributed by atoms with E-state index in [-0.39, 0.29) is 1.43 Å². The minimum absolute atomic E-state index is 0. The SMILES string of the molecule is CC.[B]c1ccn[nH]1.[HH]. The molecule has 0 spiro atoms. The highest BCUT2D eigenvalue weighted by Crippen LogP contribution is 1.60. The van der Waals surface area contributed by atoms with Crippen LogP contribution >= 0.6 is 0 Å². The number of aromatic amines is 1. The van der Waals surface area contributed by atoms with Crippen LogP contribution in [0.3, 0.4) is 0 Å². The maximum absolute atomic E-state index is 5.16. The third-order valence-electron chi connectivity index (χ3n) is 0.522. The van der Waals surface area contributed by atoms with Crippen molar-refractivity contribution in [1.29, 1.82) is 0 Å². The Kier molecular flexibility index (Phi) is 4.03. The average molecular weight is 110 g/mol. The third-order valence-corrected chi connectivity index (χ3v) is 0.522. The van der Waals surface area contributed by atoms with Crippen LogP contribution in [0.2, 0.25) is 0 Å². The molecule has 44 valence electrons. The van der Waals surface area contributed by atoms with Gasteiger partial charge in [0, 0.05) is 7.62 Å². The Hall–Kier alpha value is -0.725. The maximum Gasteiger partial charge on any atom is 0.140 e. The number of rotatable bonds is 0. The molecule has 0 atom stereocenters. The van der Waals surface area contributed by atoms with Crippen LogP contribution < -0.4 is 5.59 Å². The maximum atomic E-state index is 5.16. The molecule has 0 bridgehead atoms. The predicted molar refractivity (Wildman–Crippen MR) is 37.4 cm³/mol. The number of nitrogens with one attached hydrogen (secondary N) is 1. The summed E-state index contributed by atoms with van der Waals surface area (Å²) in [4.78, 5) is 0. The Labute approximate surface area is 52.2 Å². The van der Waals surface area contributed by atoms with Crippen molar-refractivity contribution in [2.45, 2.75) is 13.8 Å². The summed E-state index contributed by atoms with van der Waals surface area (Å²) in [5, 5.41) is 6.10. The molecule has 0 amide bonds. The van der Waals surface area contributed by atoms with Gasteiger partial charge < -0.3 is 0 Å². The van der Waals surface area contributed by atoms with Gasteiger partial charge in [-0.2, -0.15) is 5.10 Å². The topological polar surface area (TPSA) is 28.7 Å². The first-order valence-electron chi connectivity index (χ1n) is 2.64. The van der Waals surface area contributed by atoms with Crippen LogP contribution in [0.4, 0.5) is 0 Å². The lowest BCUT2D eigenvalue weighted by atomic mass is 10.1. The molecule has 2 radical (unpaired) electrons. The van der Waals surface area contributed by atoms with E-state index in [1.54, 1.807) is 12.3 Å². The van der Waals surface area contributed by atoms with Gasteiger partial charge in [0.25, 0.3) is 0 Å². The second kappa shape index (κ2) is 4.43. The lowest BCUT2D eigenvalue weighted by Crippen LogP contribution is -2.00. The standard InChI is InChI=1S/C3H3BN2.C2H6.H2/c4-3-1-2-5-6-3;1-2;/h1-2H,(H,5,6);1-2H3;1H. The van der Waals surface area contributed by atoms with Crippen molar-refractivity contribution in [3.63, 3.8) is 0 Å². The van der Waals surface area contributed by atoms with Crippen molar-refractivity contribution in [2.75, 3.05) is 0 Å². The lowest BCUT2D eigenvalue weighted by molar-refractivity contribution is 1.11. The van der Waals surface area contributed by atoms with E-state index in [9.17, 15) is 0 Å². The van der Waals surface area contributed by atoms with Gasteiger partial charge in [0.1, 0.15) is 7.85 Å². The fourth-order valence-electron chi connectivity index (χ4n) is 0.267. The van der Waals surface area contributed by atoms with Crippen molar-refractivity contribution in [1.82, 2.24) is 10.2 Å². The number of nitrogens with zero attached hydrogens (tertiary/aromatic N) is 1. The number of H-pyrrole nitrogens is 1. The van der Waals surface area contributed by atoms with Crippen molar-refractivity contribution < 1.29 is 1.43 Å². The molecule has 0 aliphatic carbocycles. The fraction of sp³-hybridized carbons (Fsp3) is 0.400. The fourth-order valence-corrected chi connectivity index (χ4v) is 0.267. The van der Waals surface area contributed by atoms with Gasteiger partial charge in [-0.1, -0.05) is 13.8 Å². The second-order valence-electron chi connectivity index (χ2n) is 1.01. The highest BCUT2D eigenvalue weighted by atomic mass is 15.1. The number of hydrogen-bond donors (Lipinski definition) is 1. The summed E-state index contributed by atoms with van der Waals surface area (Å²) < 4.78 is 0. The monoisotopic (exact) mass is 110 g/mol. The minimum atomic E-state index is 0. The zero-order chi connectivity index (χ0) is 6.41. The molecule has 0 saturated heterocycles. The minimum Gasteiger partial charge on any atom is -0.293 e. The first kappa shape index (κ1) is 7.27. The lowest BCUT2D eigenvalue weighted by Gasteiger charge is -1.68. The van der Waals surface area contributed by atoms with Crippen LogP contribution in [0.1, 0.15) is 15.3 Å². The Morgan fingerprint density at radius 3 is 2.50 bits per heavy atom. The number of aromatic nitrogens is 2. The van der Waals surface area contributed by atoms with Gasteiger partial charge in [-0.15, -0.1) is 0 Å². The normalized spacial score (nSPS) is 7.25. The van der Waals surface area contributed by atoms with Crippen LogP contribution in [-0.2, 0) is 0 Å². The van der Waals surface area contributed by atoms with Crippen molar-refractivity contribution in [3.05, 3.63) is 12.3 Å². The summed E-state index contributed by atoms with van der Waals surface area (Å²) in [7, 11) is 5.16. The predicted octanol–water partition coefficient (Wildman–Crippen LogP) is 0.476. The molecule has 0 saturated carbocycles. The van der Waals surface area contributed by atoms with E-state index in [4.69, 9.17) is 7.85 Å². The molecule has 0 unspecified atom stereocenters. The molecule has 2 nitrogen and oxygen atoms in total. The van der Waals surface area contributed by atoms with Gasteiger partial charge in [-0.25, -0.2) is 0 Å². The van der Waals surface area contributed by atoms with Crippen LogP contribution in [0, 0.1) is 0 Å². The molecule has 3 heteroatoms. The Bertz CT molecular complexity index is 119. The average Bonchev–Trinajstić information content (AvgIpc) is 2.24. The van der Waals surface area contributed by atoms with E-state index in [1.807, 2.05) is 13.8 Å². The summed E-state index contributed by atoms with van der Waals surface area (Å²) in [6, 6.07) is 1.69. The molecule has 1 heterocycles. The van der Waals surface area contributed by atoms with Crippen LogP contribution in [0.5, 0.6) is 0 Å². The van der Waals surface area contributed by atoms with E-state index < -0.39 is 0 Å². The highest BCUT2D eigenvalue weighted by Gasteiger charge is 1.73. The first-order chi connectivity index (χ1) is 3.89. The van der Waals surface area contributed by atoms with Gasteiger partial charge in [0.2, 0.25) is 0 Å². The summed E-state index contributed by atoms with van der Waals surface area (Å²) in [6.45, 7) is 4.00. The molecule has 0 fully saturated rings. The Balaban J connectivity index is 0. The molecular weight excluding hydrogens is 98.9 g/mol. The smallest absolute Gasteiger partial charge is 0.140 e. The van der Waals surface area contributed by atoms with Crippen LogP contribution in [0.25, 0.3) is 0 Å². The largest absolute Gasteiger partial charge is 0.293 e. The first-order valence-corrected chi connectivity index (χ1v) is 2.64. The molecule has 0 aliphatic rings. The van der Waals surface area contributed by atoms with Crippen molar-refractivity contribution in [3.8, 4) is 0 Å². The Morgan fingerprint density at radius 1 is 1.75 bits per heavy atom. The molecule has 1 aromatic rings. The Morgan fingerprint density at radius 2 is 2.38 bits per heavy atom. The highest BCUT2D eigenvalue weighted by molar-refractivity contribution is 6.30.